The van der Waals surface area contributed by atoms with Gasteiger partial charge in [-0.3, -0.25) is 4.79 Å². The minimum atomic E-state index is -0.109. The van der Waals surface area contributed by atoms with Crippen molar-refractivity contribution in [3.63, 3.8) is 0 Å². The van der Waals surface area contributed by atoms with Crippen LogP contribution in [0, 0.1) is 11.8 Å². The van der Waals surface area contributed by atoms with Crippen molar-refractivity contribution in [2.24, 2.45) is 0 Å². The maximum absolute atomic E-state index is 11.4. The summed E-state index contributed by atoms with van der Waals surface area (Å²) < 4.78 is 0. The summed E-state index contributed by atoms with van der Waals surface area (Å²) in [7, 11) is 0. The zero-order valence-electron chi connectivity index (χ0n) is 10.2. The summed E-state index contributed by atoms with van der Waals surface area (Å²) in [5.74, 6) is 5.80. The SMILES string of the molecule is CC#CCCNCC(=O)NC(C)(C)CC. The second-order valence-corrected chi connectivity index (χ2v) is 4.14. The summed E-state index contributed by atoms with van der Waals surface area (Å²) in [6.07, 6.45) is 1.72. The van der Waals surface area contributed by atoms with Gasteiger partial charge in [-0.15, -0.1) is 11.8 Å². The van der Waals surface area contributed by atoms with Crippen molar-refractivity contribution < 1.29 is 4.79 Å². The third-order valence-electron chi connectivity index (χ3n) is 2.25. The van der Waals surface area contributed by atoms with Crippen LogP contribution < -0.4 is 10.6 Å². The first-order valence-electron chi connectivity index (χ1n) is 5.43. The van der Waals surface area contributed by atoms with Gasteiger partial charge in [0, 0.05) is 18.5 Å². The van der Waals surface area contributed by atoms with Crippen molar-refractivity contribution in [1.29, 1.82) is 0 Å². The predicted molar refractivity (Wildman–Crippen MR) is 63.4 cm³/mol. The van der Waals surface area contributed by atoms with E-state index in [0.29, 0.717) is 6.54 Å². The van der Waals surface area contributed by atoms with Crippen molar-refractivity contribution in [3.8, 4) is 11.8 Å². The van der Waals surface area contributed by atoms with Gasteiger partial charge in [-0.25, -0.2) is 0 Å². The van der Waals surface area contributed by atoms with Gasteiger partial charge in [-0.1, -0.05) is 6.92 Å². The number of hydrogen-bond acceptors (Lipinski definition) is 2. The van der Waals surface area contributed by atoms with Crippen LogP contribution in [0.15, 0.2) is 0 Å². The van der Waals surface area contributed by atoms with Crippen LogP contribution in [0.1, 0.15) is 40.5 Å². The highest BCUT2D eigenvalue weighted by atomic mass is 16.2. The number of rotatable bonds is 6. The molecular formula is C12H22N2O. The monoisotopic (exact) mass is 210 g/mol. The van der Waals surface area contributed by atoms with Crippen LogP contribution in [0.5, 0.6) is 0 Å². The molecule has 3 heteroatoms. The summed E-state index contributed by atoms with van der Waals surface area (Å²) in [4.78, 5) is 11.4. The van der Waals surface area contributed by atoms with Crippen LogP contribution in [0.25, 0.3) is 0 Å². The van der Waals surface area contributed by atoms with Crippen molar-refractivity contribution in [3.05, 3.63) is 0 Å². The molecule has 0 fully saturated rings. The molecule has 15 heavy (non-hydrogen) atoms. The molecule has 0 aromatic rings. The van der Waals surface area contributed by atoms with Crippen molar-refractivity contribution in [2.45, 2.75) is 46.1 Å². The molecule has 0 aliphatic rings. The summed E-state index contributed by atoms with van der Waals surface area (Å²) in [6.45, 7) is 9.05. The van der Waals surface area contributed by atoms with E-state index in [4.69, 9.17) is 0 Å². The molecule has 2 N–H and O–H groups in total. The lowest BCUT2D eigenvalue weighted by molar-refractivity contribution is -0.121. The molecule has 0 atom stereocenters. The fourth-order valence-corrected chi connectivity index (χ4v) is 0.988. The molecule has 0 aromatic carbocycles. The average Bonchev–Trinajstić information content (AvgIpc) is 2.17. The number of nitrogens with one attached hydrogen (secondary N) is 2. The Labute approximate surface area is 93.0 Å². The normalized spacial score (nSPS) is 10.4. The Bertz CT molecular complexity index is 248. The first-order valence-corrected chi connectivity index (χ1v) is 5.43. The largest absolute Gasteiger partial charge is 0.350 e. The van der Waals surface area contributed by atoms with Gasteiger partial charge in [0.2, 0.25) is 5.91 Å². The molecule has 0 rings (SSSR count). The van der Waals surface area contributed by atoms with Gasteiger partial charge in [0.25, 0.3) is 0 Å². The van der Waals surface area contributed by atoms with E-state index in [9.17, 15) is 4.79 Å². The zero-order valence-corrected chi connectivity index (χ0v) is 10.2. The highest BCUT2D eigenvalue weighted by Crippen LogP contribution is 2.05. The van der Waals surface area contributed by atoms with Crippen LogP contribution in [0.2, 0.25) is 0 Å². The summed E-state index contributed by atoms with van der Waals surface area (Å²) >= 11 is 0. The van der Waals surface area contributed by atoms with Gasteiger partial charge in [-0.05, 0) is 27.2 Å². The Hall–Kier alpha value is -1.01. The highest BCUT2D eigenvalue weighted by Gasteiger charge is 2.16. The van der Waals surface area contributed by atoms with Gasteiger partial charge in [0.1, 0.15) is 0 Å². The number of amides is 1. The highest BCUT2D eigenvalue weighted by molar-refractivity contribution is 5.78. The first-order chi connectivity index (χ1) is 7.02. The maximum atomic E-state index is 11.4. The van der Waals surface area contributed by atoms with Gasteiger partial charge in [0.05, 0.1) is 6.54 Å². The third-order valence-corrected chi connectivity index (χ3v) is 2.25. The smallest absolute Gasteiger partial charge is 0.234 e. The number of hydrogen-bond donors (Lipinski definition) is 2. The van der Waals surface area contributed by atoms with Crippen LogP contribution in [0.4, 0.5) is 0 Å². The van der Waals surface area contributed by atoms with Crippen LogP contribution in [-0.2, 0) is 4.79 Å². The third kappa shape index (κ3) is 8.02. The number of carbonyl (C=O) groups is 1. The molecule has 0 radical (unpaired) electrons. The van der Waals surface area contributed by atoms with Crippen molar-refractivity contribution >= 4 is 5.91 Å². The quantitative estimate of drug-likeness (QED) is 0.512. The first kappa shape index (κ1) is 14.0. The Kier molecular flexibility index (Phi) is 6.81. The molecule has 0 saturated carbocycles. The Morgan fingerprint density at radius 1 is 1.40 bits per heavy atom. The lowest BCUT2D eigenvalue weighted by atomic mass is 10.0. The molecule has 86 valence electrons. The molecular weight excluding hydrogens is 188 g/mol. The minimum absolute atomic E-state index is 0.0475. The van der Waals surface area contributed by atoms with E-state index in [2.05, 4.69) is 29.4 Å². The zero-order chi connectivity index (χ0) is 11.7. The second-order valence-electron chi connectivity index (χ2n) is 4.14. The fraction of sp³-hybridized carbons (Fsp3) is 0.750. The molecule has 0 aliphatic heterocycles. The molecule has 0 unspecified atom stereocenters. The molecule has 0 aliphatic carbocycles. The van der Waals surface area contributed by atoms with Crippen LogP contribution in [0.3, 0.4) is 0 Å². The summed E-state index contributed by atoms with van der Waals surface area (Å²) in [5, 5.41) is 6.01. The van der Waals surface area contributed by atoms with Gasteiger partial charge in [0.15, 0.2) is 0 Å². The van der Waals surface area contributed by atoms with E-state index in [1.54, 1.807) is 0 Å². The van der Waals surface area contributed by atoms with Crippen LogP contribution >= 0.6 is 0 Å². The standard InChI is InChI=1S/C12H22N2O/c1-5-7-8-9-13-10-11(15)14-12(3,4)6-2/h13H,6,8-10H2,1-4H3,(H,14,15). The molecule has 0 heterocycles. The van der Waals surface area contributed by atoms with Gasteiger partial charge >= 0.3 is 0 Å². The Morgan fingerprint density at radius 3 is 2.60 bits per heavy atom. The topological polar surface area (TPSA) is 41.1 Å². The van der Waals surface area contributed by atoms with E-state index in [1.807, 2.05) is 20.8 Å². The Balaban J connectivity index is 3.61. The average molecular weight is 210 g/mol. The van der Waals surface area contributed by atoms with E-state index in [0.717, 1.165) is 19.4 Å². The lowest BCUT2D eigenvalue weighted by Crippen LogP contribution is -2.46. The molecule has 3 nitrogen and oxygen atoms in total. The lowest BCUT2D eigenvalue weighted by Gasteiger charge is -2.24. The van der Waals surface area contributed by atoms with E-state index in [1.165, 1.54) is 0 Å². The minimum Gasteiger partial charge on any atom is -0.350 e. The number of carbonyl (C=O) groups excluding carboxylic acids is 1. The summed E-state index contributed by atoms with van der Waals surface area (Å²) in [6, 6.07) is 0. The van der Waals surface area contributed by atoms with Gasteiger partial charge < -0.3 is 10.6 Å². The van der Waals surface area contributed by atoms with E-state index >= 15 is 0 Å². The summed E-state index contributed by atoms with van der Waals surface area (Å²) in [5.41, 5.74) is -0.109. The van der Waals surface area contributed by atoms with Crippen molar-refractivity contribution in [2.75, 3.05) is 13.1 Å². The van der Waals surface area contributed by atoms with E-state index < -0.39 is 0 Å². The molecule has 1 amide bonds. The molecule has 0 spiro atoms. The fourth-order valence-electron chi connectivity index (χ4n) is 0.988. The molecule has 0 aromatic heterocycles. The van der Waals surface area contributed by atoms with Crippen LogP contribution in [-0.4, -0.2) is 24.5 Å². The molecule has 0 saturated heterocycles. The van der Waals surface area contributed by atoms with Crippen molar-refractivity contribution in [1.82, 2.24) is 10.6 Å². The maximum Gasteiger partial charge on any atom is 0.234 e. The second kappa shape index (κ2) is 7.30. The Morgan fingerprint density at radius 2 is 2.07 bits per heavy atom. The van der Waals surface area contributed by atoms with E-state index in [-0.39, 0.29) is 11.4 Å². The molecule has 0 bridgehead atoms. The predicted octanol–water partition coefficient (Wildman–Crippen LogP) is 1.29. The van der Waals surface area contributed by atoms with Gasteiger partial charge in [-0.2, -0.15) is 0 Å².